The Hall–Kier alpha value is -1.94. The van der Waals surface area contributed by atoms with Crippen LogP contribution >= 0.6 is 0 Å². The number of amides is 2. The molecule has 0 bridgehead atoms. The van der Waals surface area contributed by atoms with Gasteiger partial charge >= 0.3 is 0 Å². The van der Waals surface area contributed by atoms with E-state index in [1.54, 1.807) is 6.07 Å². The zero-order valence-electron chi connectivity index (χ0n) is 11.9. The minimum atomic E-state index is -4.04. The van der Waals surface area contributed by atoms with E-state index in [1.165, 1.54) is 18.2 Å². The van der Waals surface area contributed by atoms with Crippen LogP contribution in [0.25, 0.3) is 0 Å². The molecule has 10 heteroatoms. The maximum Gasteiger partial charge on any atom is 0.269 e. The molecule has 2 amide bonds. The van der Waals surface area contributed by atoms with Crippen LogP contribution in [0.1, 0.15) is 16.8 Å². The van der Waals surface area contributed by atoms with Gasteiger partial charge in [0.25, 0.3) is 15.9 Å². The number of hydrogen-bond acceptors (Lipinski definition) is 6. The van der Waals surface area contributed by atoms with Crippen LogP contribution in [0.4, 0.5) is 0 Å². The van der Waals surface area contributed by atoms with Gasteiger partial charge in [0.05, 0.1) is 17.1 Å². The van der Waals surface area contributed by atoms with Crippen molar-refractivity contribution >= 4 is 31.7 Å². The third-order valence-electron chi connectivity index (χ3n) is 3.80. The average molecular weight is 358 g/mol. The largest absolute Gasteiger partial charge is 0.351 e. The van der Waals surface area contributed by atoms with E-state index in [2.05, 4.69) is 5.32 Å². The first-order valence-corrected chi connectivity index (χ1v) is 10.1. The van der Waals surface area contributed by atoms with E-state index in [9.17, 15) is 26.4 Å². The van der Waals surface area contributed by atoms with E-state index < -0.39 is 44.3 Å². The lowest BCUT2D eigenvalue weighted by molar-refractivity contribution is -0.121. The predicted octanol–water partition coefficient (Wildman–Crippen LogP) is -0.866. The first-order chi connectivity index (χ1) is 10.7. The van der Waals surface area contributed by atoms with Crippen molar-refractivity contribution in [2.45, 2.75) is 17.4 Å². The number of fused-ring (bicyclic) bond motifs is 1. The summed E-state index contributed by atoms with van der Waals surface area (Å²) in [6.07, 6.45) is 0.287. The summed E-state index contributed by atoms with van der Waals surface area (Å²) < 4.78 is 47.8. The van der Waals surface area contributed by atoms with Gasteiger partial charge in [-0.15, -0.1) is 0 Å². The predicted molar refractivity (Wildman–Crippen MR) is 79.9 cm³/mol. The average Bonchev–Trinajstić information content (AvgIpc) is 2.90. The maximum absolute atomic E-state index is 12.3. The summed E-state index contributed by atoms with van der Waals surface area (Å²) >= 11 is 0. The van der Waals surface area contributed by atoms with Gasteiger partial charge in [-0.3, -0.25) is 9.59 Å². The lowest BCUT2D eigenvalue weighted by Gasteiger charge is -2.16. The van der Waals surface area contributed by atoms with Gasteiger partial charge in [0.1, 0.15) is 11.4 Å². The lowest BCUT2D eigenvalue weighted by Crippen LogP contribution is -2.44. The molecule has 0 spiro atoms. The van der Waals surface area contributed by atoms with Crippen LogP contribution in [0.5, 0.6) is 0 Å². The van der Waals surface area contributed by atoms with Gasteiger partial charge < -0.3 is 5.32 Å². The Morgan fingerprint density at radius 2 is 1.91 bits per heavy atom. The molecule has 0 saturated carbocycles. The Bertz CT molecular complexity index is 891. The Balaban J connectivity index is 1.74. The molecule has 1 saturated heterocycles. The van der Waals surface area contributed by atoms with Gasteiger partial charge in [-0.1, -0.05) is 12.1 Å². The monoisotopic (exact) mass is 358 g/mol. The van der Waals surface area contributed by atoms with Crippen molar-refractivity contribution in [3.8, 4) is 0 Å². The molecule has 23 heavy (non-hydrogen) atoms. The Morgan fingerprint density at radius 1 is 1.22 bits per heavy atom. The van der Waals surface area contributed by atoms with E-state index in [0.29, 0.717) is 4.31 Å². The van der Waals surface area contributed by atoms with E-state index in [4.69, 9.17) is 0 Å². The molecule has 2 aliphatic rings. The summed E-state index contributed by atoms with van der Waals surface area (Å²) in [6.45, 7) is -0.660. The minimum Gasteiger partial charge on any atom is -0.351 e. The van der Waals surface area contributed by atoms with Crippen molar-refractivity contribution in [2.24, 2.45) is 0 Å². The minimum absolute atomic E-state index is 0.00959. The molecule has 0 aromatic heterocycles. The van der Waals surface area contributed by atoms with E-state index >= 15 is 0 Å². The smallest absolute Gasteiger partial charge is 0.269 e. The van der Waals surface area contributed by atoms with Crippen LogP contribution < -0.4 is 5.32 Å². The van der Waals surface area contributed by atoms with E-state index in [-0.39, 0.29) is 28.4 Å². The zero-order chi connectivity index (χ0) is 16.8. The first-order valence-electron chi connectivity index (χ1n) is 6.86. The molecule has 0 radical (unpaired) electrons. The fourth-order valence-corrected chi connectivity index (χ4v) is 5.90. The molecular weight excluding hydrogens is 344 g/mol. The molecular formula is C13H14N2O6S2. The molecule has 1 fully saturated rings. The van der Waals surface area contributed by atoms with E-state index in [0.717, 1.165) is 0 Å². The normalized spacial score (nSPS) is 24.4. The van der Waals surface area contributed by atoms with Crippen LogP contribution in [0.15, 0.2) is 29.2 Å². The maximum atomic E-state index is 12.3. The van der Waals surface area contributed by atoms with Crippen LogP contribution in [0, 0.1) is 0 Å². The van der Waals surface area contributed by atoms with Crippen molar-refractivity contribution in [3.05, 3.63) is 29.8 Å². The second-order valence-electron chi connectivity index (χ2n) is 5.48. The fraction of sp³-hybridized carbons (Fsp3) is 0.385. The molecule has 1 N–H and O–H groups in total. The highest BCUT2D eigenvalue weighted by Gasteiger charge is 2.42. The number of benzene rings is 1. The molecule has 3 rings (SSSR count). The quantitative estimate of drug-likeness (QED) is 0.751. The first kappa shape index (κ1) is 15.9. The Labute approximate surface area is 133 Å². The second kappa shape index (κ2) is 5.31. The van der Waals surface area contributed by atoms with Crippen molar-refractivity contribution in [2.75, 3.05) is 18.1 Å². The molecule has 8 nitrogen and oxygen atoms in total. The standard InChI is InChI=1S/C13H14N2O6S2/c16-12(14-9-5-6-22(18,19)8-9)7-15-13(17)10-3-1-2-4-11(10)23(15,20)21/h1-4,9H,5-8H2,(H,14,16)/t9-/m0/s1. The van der Waals surface area contributed by atoms with Crippen molar-refractivity contribution < 1.29 is 26.4 Å². The molecule has 0 unspecified atom stereocenters. The molecule has 124 valence electrons. The second-order valence-corrected chi connectivity index (χ2v) is 9.54. The highest BCUT2D eigenvalue weighted by Crippen LogP contribution is 2.29. The molecule has 1 atom stereocenters. The van der Waals surface area contributed by atoms with Gasteiger partial charge in [0.2, 0.25) is 5.91 Å². The number of sulfonamides is 1. The van der Waals surface area contributed by atoms with Crippen LogP contribution in [0.2, 0.25) is 0 Å². The Morgan fingerprint density at radius 3 is 2.52 bits per heavy atom. The van der Waals surface area contributed by atoms with Gasteiger partial charge in [-0.2, -0.15) is 0 Å². The number of hydrogen-bond donors (Lipinski definition) is 1. The SMILES string of the molecule is O=C(CN1C(=O)c2ccccc2S1(=O)=O)N[C@H]1CCS(=O)(=O)C1. The molecule has 2 heterocycles. The summed E-state index contributed by atoms with van der Waals surface area (Å²) in [4.78, 5) is 24.0. The summed E-state index contributed by atoms with van der Waals surface area (Å²) in [7, 11) is -7.20. The number of nitrogens with zero attached hydrogens (tertiary/aromatic N) is 1. The van der Waals surface area contributed by atoms with Crippen molar-refractivity contribution in [1.29, 1.82) is 0 Å². The number of nitrogens with one attached hydrogen (secondary N) is 1. The van der Waals surface area contributed by atoms with Gasteiger partial charge in [-0.25, -0.2) is 21.1 Å². The third-order valence-corrected chi connectivity index (χ3v) is 7.35. The highest BCUT2D eigenvalue weighted by molar-refractivity contribution is 7.91. The number of carbonyl (C=O) groups is 2. The fourth-order valence-electron chi connectivity index (χ4n) is 2.70. The summed E-state index contributed by atoms with van der Waals surface area (Å²) in [5.41, 5.74) is 0.0312. The van der Waals surface area contributed by atoms with Crippen molar-refractivity contribution in [3.63, 3.8) is 0 Å². The van der Waals surface area contributed by atoms with Crippen molar-refractivity contribution in [1.82, 2.24) is 9.62 Å². The number of rotatable bonds is 3. The van der Waals surface area contributed by atoms with Gasteiger partial charge in [0, 0.05) is 6.04 Å². The molecule has 1 aromatic carbocycles. The Kier molecular flexibility index (Phi) is 3.68. The lowest BCUT2D eigenvalue weighted by atomic mass is 10.2. The summed E-state index contributed by atoms with van der Waals surface area (Å²) in [5, 5.41) is 2.47. The van der Waals surface area contributed by atoms with Crippen LogP contribution in [0.3, 0.4) is 0 Å². The summed E-state index contributed by atoms with van der Waals surface area (Å²) in [6, 6.07) is 5.19. The molecule has 0 aliphatic carbocycles. The van der Waals surface area contributed by atoms with Gasteiger partial charge in [-0.05, 0) is 18.6 Å². The number of sulfone groups is 1. The van der Waals surface area contributed by atoms with Crippen LogP contribution in [-0.4, -0.2) is 57.0 Å². The number of carbonyl (C=O) groups excluding carboxylic acids is 2. The summed E-state index contributed by atoms with van der Waals surface area (Å²) in [5.74, 6) is -1.63. The topological polar surface area (TPSA) is 118 Å². The van der Waals surface area contributed by atoms with Gasteiger partial charge in [0.15, 0.2) is 9.84 Å². The molecule has 1 aromatic rings. The zero-order valence-corrected chi connectivity index (χ0v) is 13.6. The molecule has 2 aliphatic heterocycles. The third kappa shape index (κ3) is 2.83. The van der Waals surface area contributed by atoms with Crippen LogP contribution in [-0.2, 0) is 24.7 Å². The highest BCUT2D eigenvalue weighted by atomic mass is 32.2. The van der Waals surface area contributed by atoms with E-state index in [1.807, 2.05) is 0 Å².